The molecule has 2 heterocycles. The van der Waals surface area contributed by atoms with Crippen LogP contribution in [0.5, 0.6) is 0 Å². The van der Waals surface area contributed by atoms with E-state index >= 15 is 0 Å². The quantitative estimate of drug-likeness (QED) is 0.0679. The Bertz CT molecular complexity index is 2510. The van der Waals surface area contributed by atoms with E-state index in [2.05, 4.69) is 78.8 Å². The average Bonchev–Trinajstić information content (AvgIpc) is 3.53. The highest BCUT2D eigenvalue weighted by Gasteiger charge is 2.44. The molecular formula is C47H57N2O8S3+. The molecule has 0 aromatic heterocycles. The number of para-hydroxylation sites is 1. The maximum atomic E-state index is 12.2. The molecule has 0 saturated heterocycles. The van der Waals surface area contributed by atoms with Crippen LogP contribution in [0.15, 0.2) is 123 Å². The second-order valence-corrected chi connectivity index (χ2v) is 21.0. The van der Waals surface area contributed by atoms with Gasteiger partial charge in [0, 0.05) is 57.3 Å². The molecule has 3 aromatic carbocycles. The Kier molecular flexibility index (Phi) is 13.9. The summed E-state index contributed by atoms with van der Waals surface area (Å²) in [6.07, 6.45) is 15.4. The van der Waals surface area contributed by atoms with Crippen LogP contribution in [0.4, 0.5) is 11.4 Å². The van der Waals surface area contributed by atoms with E-state index in [1.807, 2.05) is 38.1 Å². The average molecular weight is 874 g/mol. The third-order valence-electron chi connectivity index (χ3n) is 11.8. The van der Waals surface area contributed by atoms with Crippen LogP contribution in [-0.2, 0) is 42.3 Å². The van der Waals surface area contributed by atoms with Crippen molar-refractivity contribution in [2.45, 2.75) is 113 Å². The van der Waals surface area contributed by atoms with Gasteiger partial charge in [-0.05, 0) is 111 Å². The van der Waals surface area contributed by atoms with E-state index in [9.17, 15) is 35.8 Å². The topological polar surface area (TPSA) is 152 Å². The lowest BCUT2D eigenvalue weighted by Crippen LogP contribution is -2.28. The smallest absolute Gasteiger partial charge is 0.307 e. The van der Waals surface area contributed by atoms with Gasteiger partial charge in [0.05, 0.1) is 22.5 Å². The molecule has 13 heteroatoms. The van der Waals surface area contributed by atoms with Crippen molar-refractivity contribution in [3.8, 4) is 0 Å². The molecule has 1 aliphatic carbocycles. The zero-order valence-electron chi connectivity index (χ0n) is 35.1. The van der Waals surface area contributed by atoms with Gasteiger partial charge in [-0.2, -0.15) is 21.4 Å². The number of allylic oxidation sites excluding steroid dienone is 7. The molecule has 0 atom stereocenters. The largest absolute Gasteiger partial charge is 0.481 e. The summed E-state index contributed by atoms with van der Waals surface area (Å²) in [6, 6.07) is 20.9. The Morgan fingerprint density at radius 1 is 0.850 bits per heavy atom. The number of thioether (sulfide) groups is 1. The lowest BCUT2D eigenvalue weighted by Gasteiger charge is -2.27. The first-order valence-electron chi connectivity index (χ1n) is 20.7. The van der Waals surface area contributed by atoms with Crippen molar-refractivity contribution < 1.29 is 40.4 Å². The molecule has 2 aliphatic heterocycles. The fourth-order valence-corrected chi connectivity index (χ4v) is 10.9. The first-order valence-corrected chi connectivity index (χ1v) is 24.6. The second kappa shape index (κ2) is 18.4. The number of carbonyl (C=O) groups is 1. The predicted octanol–water partition coefficient (Wildman–Crippen LogP) is 10.2. The highest BCUT2D eigenvalue weighted by molar-refractivity contribution is 8.03. The first kappa shape index (κ1) is 45.3. The molecule has 0 fully saturated rings. The summed E-state index contributed by atoms with van der Waals surface area (Å²) in [4.78, 5) is 15.4. The standard InChI is InChI=1S/C47H56N2O8S3/c1-6-7-10-28-48-40-17-9-8-16-38(40)46(2,3)42(48)26-20-34-14-13-15-35(45(34)58-36-22-18-33(19-23-36)31-44(50)51)21-27-43-47(4,5)39-32-37(60(55,56)57)24-25-41(39)49(43)29-11-12-30-59(52,53)54/h8-9,16-27,32H,6-7,10-15,28-31H2,1-5H3,(H2-,50,51,52,53,54,55,56,57)/p+1. The van der Waals surface area contributed by atoms with Gasteiger partial charge < -0.3 is 10.0 Å². The summed E-state index contributed by atoms with van der Waals surface area (Å²) in [5.74, 6) is -1.24. The number of benzene rings is 3. The van der Waals surface area contributed by atoms with Crippen molar-refractivity contribution in [3.63, 3.8) is 0 Å². The molecule has 6 rings (SSSR count). The van der Waals surface area contributed by atoms with E-state index in [0.29, 0.717) is 13.0 Å². The van der Waals surface area contributed by atoms with E-state index in [1.54, 1.807) is 17.8 Å². The minimum Gasteiger partial charge on any atom is -0.481 e. The maximum absolute atomic E-state index is 12.2. The van der Waals surface area contributed by atoms with Gasteiger partial charge in [-0.15, -0.1) is 0 Å². The molecule has 3 N–H and O–H groups in total. The molecule has 0 spiro atoms. The van der Waals surface area contributed by atoms with Crippen LogP contribution < -0.4 is 4.90 Å². The summed E-state index contributed by atoms with van der Waals surface area (Å²) in [7, 11) is -8.59. The van der Waals surface area contributed by atoms with Gasteiger partial charge in [0.2, 0.25) is 5.69 Å². The highest BCUT2D eigenvalue weighted by atomic mass is 32.2. The number of hydrogen-bond acceptors (Lipinski definition) is 7. The van der Waals surface area contributed by atoms with Crippen LogP contribution in [0.3, 0.4) is 0 Å². The number of anilines is 1. The normalized spacial score (nSPS) is 18.9. The third-order valence-corrected chi connectivity index (χ3v) is 14.7. The van der Waals surface area contributed by atoms with E-state index in [-0.39, 0.29) is 28.9 Å². The molecule has 0 radical (unpaired) electrons. The number of rotatable bonds is 17. The number of carboxylic acids is 1. The molecule has 3 aromatic rings. The minimum absolute atomic E-state index is 0.0535. The van der Waals surface area contributed by atoms with E-state index in [4.69, 9.17) is 0 Å². The van der Waals surface area contributed by atoms with Gasteiger partial charge >= 0.3 is 5.97 Å². The zero-order valence-corrected chi connectivity index (χ0v) is 37.6. The number of unbranched alkanes of at least 4 members (excludes halogenated alkanes) is 3. The van der Waals surface area contributed by atoms with Crippen molar-refractivity contribution >= 4 is 55.1 Å². The number of fused-ring (bicyclic) bond motifs is 2. The molecule has 0 unspecified atom stereocenters. The third kappa shape index (κ3) is 10.2. The summed E-state index contributed by atoms with van der Waals surface area (Å²) < 4.78 is 69.3. The Morgan fingerprint density at radius 2 is 1.58 bits per heavy atom. The van der Waals surface area contributed by atoms with Crippen molar-refractivity contribution in [1.82, 2.24) is 0 Å². The molecule has 0 amide bonds. The van der Waals surface area contributed by atoms with Gasteiger partial charge in [0.1, 0.15) is 6.54 Å². The lowest BCUT2D eigenvalue weighted by molar-refractivity contribution is -0.438. The summed E-state index contributed by atoms with van der Waals surface area (Å²) in [5.41, 5.74) is 8.36. The van der Waals surface area contributed by atoms with Gasteiger partial charge in [0.15, 0.2) is 5.71 Å². The Morgan fingerprint density at radius 3 is 2.27 bits per heavy atom. The van der Waals surface area contributed by atoms with Crippen molar-refractivity contribution in [1.29, 1.82) is 0 Å². The number of hydrogen-bond donors (Lipinski definition) is 3. The van der Waals surface area contributed by atoms with Crippen LogP contribution in [0.2, 0.25) is 0 Å². The SMILES string of the molecule is CCCCC[N+]1=C(/C=C/C2=C(Sc3ccc(CC(=O)O)cc3)C(=C/C=C3/N(CCCCS(=O)(=O)O)c4ccc(S(=O)(=O)O)cc4C3(C)C)/CCC2)C(C)(C)c2ccccc21. The van der Waals surface area contributed by atoms with Gasteiger partial charge in [0.25, 0.3) is 20.2 Å². The molecule has 60 heavy (non-hydrogen) atoms. The highest BCUT2D eigenvalue weighted by Crippen LogP contribution is 2.49. The lowest BCUT2D eigenvalue weighted by atomic mass is 9.81. The molecule has 0 saturated carbocycles. The number of aliphatic carboxylic acids is 1. The maximum Gasteiger partial charge on any atom is 0.307 e. The van der Waals surface area contributed by atoms with Gasteiger partial charge in [-0.1, -0.05) is 81.4 Å². The van der Waals surface area contributed by atoms with Gasteiger partial charge in [-0.25, -0.2) is 0 Å². The molecule has 320 valence electrons. The van der Waals surface area contributed by atoms with Crippen LogP contribution in [-0.4, -0.2) is 66.1 Å². The molecule has 0 bridgehead atoms. The minimum atomic E-state index is -4.47. The fraction of sp³-hybridized carbons (Fsp3) is 0.404. The summed E-state index contributed by atoms with van der Waals surface area (Å²) in [5, 5.41) is 9.38. The molecular weight excluding hydrogens is 817 g/mol. The molecule has 3 aliphatic rings. The van der Waals surface area contributed by atoms with E-state index in [0.717, 1.165) is 83.0 Å². The number of nitrogens with zero attached hydrogens (tertiary/aromatic N) is 2. The Hall–Kier alpha value is -4.27. The van der Waals surface area contributed by atoms with Crippen LogP contribution in [0.1, 0.15) is 103 Å². The zero-order chi connectivity index (χ0) is 43.5. The van der Waals surface area contributed by atoms with Crippen molar-refractivity contribution in [2.75, 3.05) is 23.7 Å². The van der Waals surface area contributed by atoms with Crippen molar-refractivity contribution in [3.05, 3.63) is 129 Å². The number of carboxylic acid groups (broad SMARTS) is 1. The van der Waals surface area contributed by atoms with E-state index < -0.39 is 31.6 Å². The Labute approximate surface area is 360 Å². The summed E-state index contributed by atoms with van der Waals surface area (Å²) >= 11 is 1.66. The first-order chi connectivity index (χ1) is 28.3. The van der Waals surface area contributed by atoms with Crippen LogP contribution >= 0.6 is 11.8 Å². The van der Waals surface area contributed by atoms with Crippen molar-refractivity contribution in [2.24, 2.45) is 0 Å². The summed E-state index contributed by atoms with van der Waals surface area (Å²) in [6.45, 7) is 12.2. The second-order valence-electron chi connectivity index (χ2n) is 16.9. The Balaban J connectivity index is 1.45. The van der Waals surface area contributed by atoms with Crippen LogP contribution in [0, 0.1) is 0 Å². The fourth-order valence-electron chi connectivity index (χ4n) is 8.69. The molecule has 10 nitrogen and oxygen atoms in total. The van der Waals surface area contributed by atoms with Gasteiger partial charge in [-0.3, -0.25) is 13.9 Å². The van der Waals surface area contributed by atoms with E-state index in [1.165, 1.54) is 34.7 Å². The monoisotopic (exact) mass is 873 g/mol. The van der Waals surface area contributed by atoms with Crippen LogP contribution in [0.25, 0.3) is 0 Å². The predicted molar refractivity (Wildman–Crippen MR) is 241 cm³/mol.